The van der Waals surface area contributed by atoms with Crippen LogP contribution in [0.5, 0.6) is 0 Å². The number of rotatable bonds is 7. The molecule has 0 aliphatic rings. The van der Waals surface area contributed by atoms with Crippen LogP contribution < -0.4 is 10.6 Å². The Morgan fingerprint density at radius 1 is 1.21 bits per heavy atom. The number of hydrogen-bond acceptors (Lipinski definition) is 4. The molecule has 156 valence electrons. The summed E-state index contributed by atoms with van der Waals surface area (Å²) in [6.07, 6.45) is 3.66. The van der Waals surface area contributed by atoms with E-state index in [1.54, 1.807) is 19.2 Å². The maximum atomic E-state index is 10.7. The van der Waals surface area contributed by atoms with Crippen LogP contribution in [-0.2, 0) is 12.1 Å². The third kappa shape index (κ3) is 6.33. The van der Waals surface area contributed by atoms with Gasteiger partial charge in [0.25, 0.3) is 0 Å². The number of benzene rings is 1. The molecule has 0 spiro atoms. The first kappa shape index (κ1) is 23.0. The molecule has 0 saturated carbocycles. The molecule has 2 heterocycles. The Kier molecular flexibility index (Phi) is 8.27. The lowest BCUT2D eigenvalue weighted by atomic mass is 10.0. The summed E-state index contributed by atoms with van der Waals surface area (Å²) < 4.78 is 7.37. The number of aryl methyl sites for hydroxylation is 1. The van der Waals surface area contributed by atoms with Crippen molar-refractivity contribution in [3.05, 3.63) is 71.9 Å². The number of halogens is 1. The van der Waals surface area contributed by atoms with Crippen LogP contribution in [0, 0.1) is 6.92 Å². The predicted molar refractivity (Wildman–Crippen MR) is 125 cm³/mol. The Bertz CT molecular complexity index is 902. The van der Waals surface area contributed by atoms with Crippen molar-refractivity contribution in [3.8, 4) is 5.69 Å². The van der Waals surface area contributed by atoms with Crippen molar-refractivity contribution in [2.75, 3.05) is 13.1 Å². The summed E-state index contributed by atoms with van der Waals surface area (Å²) in [6, 6.07) is 13.6. The van der Waals surface area contributed by atoms with Gasteiger partial charge in [-0.25, -0.2) is 9.67 Å². The number of furan rings is 1. The molecule has 0 saturated heterocycles. The van der Waals surface area contributed by atoms with Gasteiger partial charge in [-0.3, -0.25) is 0 Å². The molecule has 8 heteroatoms. The average molecular weight is 509 g/mol. The molecule has 0 bridgehead atoms. The fraction of sp³-hybridized carbons (Fsp3) is 0.333. The Morgan fingerprint density at radius 2 is 1.97 bits per heavy atom. The van der Waals surface area contributed by atoms with E-state index < -0.39 is 5.60 Å². The van der Waals surface area contributed by atoms with Crippen LogP contribution in [-0.4, -0.2) is 33.9 Å². The number of guanidine groups is 1. The highest BCUT2D eigenvalue weighted by atomic mass is 127. The van der Waals surface area contributed by atoms with Gasteiger partial charge in [0.2, 0.25) is 0 Å². The van der Waals surface area contributed by atoms with Gasteiger partial charge in [0.1, 0.15) is 17.1 Å². The molecule has 3 N–H and O–H groups in total. The fourth-order valence-electron chi connectivity index (χ4n) is 2.75. The summed E-state index contributed by atoms with van der Waals surface area (Å²) >= 11 is 0. The van der Waals surface area contributed by atoms with E-state index in [0.29, 0.717) is 18.3 Å². The van der Waals surface area contributed by atoms with E-state index in [2.05, 4.69) is 20.7 Å². The second-order valence-corrected chi connectivity index (χ2v) is 6.85. The predicted octanol–water partition coefficient (Wildman–Crippen LogP) is 3.35. The van der Waals surface area contributed by atoms with Crippen LogP contribution in [0.2, 0.25) is 0 Å². The zero-order valence-electron chi connectivity index (χ0n) is 16.9. The molecule has 7 nitrogen and oxygen atoms in total. The number of nitrogens with one attached hydrogen (secondary N) is 2. The van der Waals surface area contributed by atoms with E-state index in [0.717, 1.165) is 23.6 Å². The van der Waals surface area contributed by atoms with E-state index in [-0.39, 0.29) is 30.5 Å². The monoisotopic (exact) mass is 509 g/mol. The highest BCUT2D eigenvalue weighted by molar-refractivity contribution is 14.0. The summed E-state index contributed by atoms with van der Waals surface area (Å²) in [7, 11) is 0. The first-order valence-electron chi connectivity index (χ1n) is 9.38. The molecule has 3 aromatic rings. The molecule has 2 aromatic heterocycles. The Hall–Kier alpha value is -2.33. The smallest absolute Gasteiger partial charge is 0.191 e. The molecule has 0 radical (unpaired) electrons. The number of aromatic nitrogens is 2. The zero-order chi connectivity index (χ0) is 20.0. The molecule has 1 unspecified atom stereocenters. The Labute approximate surface area is 188 Å². The molecular formula is C21H28IN5O2. The summed E-state index contributed by atoms with van der Waals surface area (Å²) in [5.41, 5.74) is 0.963. The van der Waals surface area contributed by atoms with Gasteiger partial charge in [-0.1, -0.05) is 12.1 Å². The average Bonchev–Trinajstić information content (AvgIpc) is 3.37. The van der Waals surface area contributed by atoms with Crippen molar-refractivity contribution in [1.29, 1.82) is 0 Å². The van der Waals surface area contributed by atoms with E-state index >= 15 is 0 Å². The third-order valence-corrected chi connectivity index (χ3v) is 4.34. The molecule has 0 amide bonds. The van der Waals surface area contributed by atoms with E-state index in [4.69, 9.17) is 4.42 Å². The van der Waals surface area contributed by atoms with Crippen LogP contribution in [0.15, 0.2) is 64.3 Å². The van der Waals surface area contributed by atoms with Crippen molar-refractivity contribution in [1.82, 2.24) is 20.4 Å². The van der Waals surface area contributed by atoms with E-state index in [9.17, 15) is 5.11 Å². The number of aliphatic hydroxyl groups is 1. The van der Waals surface area contributed by atoms with Gasteiger partial charge in [0.15, 0.2) is 5.96 Å². The van der Waals surface area contributed by atoms with Crippen LogP contribution in [0.25, 0.3) is 5.69 Å². The van der Waals surface area contributed by atoms with E-state index in [1.165, 1.54) is 0 Å². The van der Waals surface area contributed by atoms with Crippen LogP contribution in [0.1, 0.15) is 30.9 Å². The van der Waals surface area contributed by atoms with Crippen molar-refractivity contribution < 1.29 is 9.52 Å². The Balaban J connectivity index is 0.00000300. The van der Waals surface area contributed by atoms with Gasteiger partial charge in [-0.05, 0) is 56.7 Å². The second kappa shape index (κ2) is 10.4. The molecule has 0 fully saturated rings. The standard InChI is InChI=1S/C21H27N5O2.HI/c1-4-22-20(24-15-21(3,27)19-11-6-16(2)28-19)23-14-17-7-9-18(10-8-17)26-13-5-12-25-26;/h5-13,27H,4,14-15H2,1-3H3,(H2,22,23,24);1H. The third-order valence-electron chi connectivity index (χ3n) is 4.34. The largest absolute Gasteiger partial charge is 0.463 e. The van der Waals surface area contributed by atoms with Gasteiger partial charge >= 0.3 is 0 Å². The van der Waals surface area contributed by atoms with E-state index in [1.807, 2.05) is 61.1 Å². The fourth-order valence-corrected chi connectivity index (χ4v) is 2.75. The lowest BCUT2D eigenvalue weighted by Gasteiger charge is -2.22. The van der Waals surface area contributed by atoms with Gasteiger partial charge in [0, 0.05) is 18.9 Å². The van der Waals surface area contributed by atoms with Gasteiger partial charge < -0.3 is 20.2 Å². The number of hydrogen-bond donors (Lipinski definition) is 3. The molecule has 29 heavy (non-hydrogen) atoms. The summed E-state index contributed by atoms with van der Waals surface area (Å²) in [5.74, 6) is 1.94. The number of aliphatic imine (C=N–C) groups is 1. The first-order valence-corrected chi connectivity index (χ1v) is 9.38. The minimum atomic E-state index is -1.13. The molecule has 1 atom stereocenters. The zero-order valence-corrected chi connectivity index (χ0v) is 19.3. The first-order chi connectivity index (χ1) is 13.5. The minimum Gasteiger partial charge on any atom is -0.463 e. The quantitative estimate of drug-likeness (QED) is 0.258. The summed E-state index contributed by atoms with van der Waals surface area (Å²) in [6.45, 7) is 7.11. The molecular weight excluding hydrogens is 481 g/mol. The molecule has 0 aliphatic carbocycles. The number of nitrogens with zero attached hydrogens (tertiary/aromatic N) is 3. The second-order valence-electron chi connectivity index (χ2n) is 6.85. The van der Waals surface area contributed by atoms with Crippen molar-refractivity contribution in [2.45, 2.75) is 32.9 Å². The normalized spacial score (nSPS) is 13.4. The van der Waals surface area contributed by atoms with Crippen LogP contribution in [0.3, 0.4) is 0 Å². The minimum absolute atomic E-state index is 0. The Morgan fingerprint density at radius 3 is 2.55 bits per heavy atom. The molecule has 3 rings (SSSR count). The van der Waals surface area contributed by atoms with Crippen molar-refractivity contribution >= 4 is 29.9 Å². The van der Waals surface area contributed by atoms with Gasteiger partial charge in [0.05, 0.1) is 18.8 Å². The lowest BCUT2D eigenvalue weighted by molar-refractivity contribution is 0.0378. The highest BCUT2D eigenvalue weighted by Gasteiger charge is 2.27. The van der Waals surface area contributed by atoms with Gasteiger partial charge in [-0.15, -0.1) is 24.0 Å². The van der Waals surface area contributed by atoms with Crippen molar-refractivity contribution in [2.24, 2.45) is 4.99 Å². The maximum absolute atomic E-state index is 10.7. The van der Waals surface area contributed by atoms with Crippen molar-refractivity contribution in [3.63, 3.8) is 0 Å². The highest BCUT2D eigenvalue weighted by Crippen LogP contribution is 2.21. The molecule has 1 aromatic carbocycles. The summed E-state index contributed by atoms with van der Waals surface area (Å²) in [5, 5.41) is 21.3. The van der Waals surface area contributed by atoms with Crippen LogP contribution >= 0.6 is 24.0 Å². The summed E-state index contributed by atoms with van der Waals surface area (Å²) in [4.78, 5) is 4.61. The molecule has 0 aliphatic heterocycles. The topological polar surface area (TPSA) is 87.6 Å². The van der Waals surface area contributed by atoms with Gasteiger partial charge in [-0.2, -0.15) is 5.10 Å². The maximum Gasteiger partial charge on any atom is 0.191 e. The van der Waals surface area contributed by atoms with Crippen LogP contribution in [0.4, 0.5) is 0 Å². The SMILES string of the molecule is CCNC(=NCc1ccc(-n2cccn2)cc1)NCC(C)(O)c1ccc(C)o1.I. The lowest BCUT2D eigenvalue weighted by Crippen LogP contribution is -2.44.